The van der Waals surface area contributed by atoms with Crippen molar-refractivity contribution in [3.8, 4) is 0 Å². The van der Waals surface area contributed by atoms with Gasteiger partial charge in [-0.15, -0.1) is 11.8 Å². The molecule has 0 unspecified atom stereocenters. The first-order valence-electron chi connectivity index (χ1n) is 7.88. The Kier molecular flexibility index (Phi) is 6.85. The lowest BCUT2D eigenvalue weighted by Crippen LogP contribution is -2.51. The second-order valence-corrected chi connectivity index (χ2v) is 8.79. The molecule has 2 amide bonds. The van der Waals surface area contributed by atoms with Gasteiger partial charge in [0.1, 0.15) is 5.76 Å². The van der Waals surface area contributed by atoms with Crippen molar-refractivity contribution in [1.82, 2.24) is 14.4 Å². The Bertz CT molecular complexity index is 711. The Hall–Kier alpha value is -1.59. The summed E-state index contributed by atoms with van der Waals surface area (Å²) in [5, 5.41) is 6.24. The van der Waals surface area contributed by atoms with Gasteiger partial charge in [0.25, 0.3) is 0 Å². The highest BCUT2D eigenvalue weighted by atomic mass is 32.2. The van der Waals surface area contributed by atoms with Crippen molar-refractivity contribution >= 4 is 39.4 Å². The van der Waals surface area contributed by atoms with Crippen LogP contribution in [0.1, 0.15) is 12.7 Å². The van der Waals surface area contributed by atoms with Crippen molar-refractivity contribution in [2.75, 3.05) is 48.8 Å². The zero-order valence-electron chi connectivity index (χ0n) is 14.2. The number of rotatable bonds is 7. The van der Waals surface area contributed by atoms with Gasteiger partial charge in [-0.2, -0.15) is 4.31 Å². The van der Waals surface area contributed by atoms with E-state index >= 15 is 0 Å². The summed E-state index contributed by atoms with van der Waals surface area (Å²) in [7, 11) is -3.20. The monoisotopic (exact) mass is 390 g/mol. The highest BCUT2D eigenvalue weighted by molar-refractivity contribution is 8.00. The summed E-state index contributed by atoms with van der Waals surface area (Å²) in [5.74, 6) is 0.962. The number of nitrogens with zero attached hydrogens (tertiary/aromatic N) is 3. The van der Waals surface area contributed by atoms with Crippen LogP contribution >= 0.6 is 11.8 Å². The largest absolute Gasteiger partial charge is 0.360 e. The van der Waals surface area contributed by atoms with Crippen LogP contribution < -0.4 is 5.32 Å². The van der Waals surface area contributed by atoms with Crippen LogP contribution in [0.2, 0.25) is 0 Å². The van der Waals surface area contributed by atoms with Gasteiger partial charge in [0.2, 0.25) is 21.8 Å². The number of carbonyl (C=O) groups is 2. The minimum absolute atomic E-state index is 0.0664. The number of aromatic nitrogens is 1. The standard InChI is InChI=1S/C14H22N4O5S2/c1-3-25(21,22)18-6-4-17(5-7-18)14(20)10-24-9-13(19)15-12-8-11(2)23-16-12/h8H,3-7,9-10H2,1-2H3,(H,15,16,19). The fourth-order valence-corrected chi connectivity index (χ4v) is 4.13. The van der Waals surface area contributed by atoms with Crippen molar-refractivity contribution in [3.05, 3.63) is 11.8 Å². The third-order valence-electron chi connectivity index (χ3n) is 3.70. The molecule has 140 valence electrons. The molecule has 1 aliphatic rings. The second-order valence-electron chi connectivity index (χ2n) is 5.54. The number of piperazine rings is 1. The molecule has 11 heteroatoms. The summed E-state index contributed by atoms with van der Waals surface area (Å²) in [6.07, 6.45) is 0. The lowest BCUT2D eigenvalue weighted by Gasteiger charge is -2.33. The van der Waals surface area contributed by atoms with E-state index in [4.69, 9.17) is 4.52 Å². The molecule has 0 atom stereocenters. The number of sulfonamides is 1. The van der Waals surface area contributed by atoms with Crippen molar-refractivity contribution in [2.45, 2.75) is 13.8 Å². The molecule has 1 fully saturated rings. The first kappa shape index (κ1) is 19.7. The predicted molar refractivity (Wildman–Crippen MR) is 94.8 cm³/mol. The smallest absolute Gasteiger partial charge is 0.235 e. The van der Waals surface area contributed by atoms with Crippen LogP contribution in [0.25, 0.3) is 0 Å². The van der Waals surface area contributed by atoms with Gasteiger partial charge in [0, 0.05) is 32.2 Å². The van der Waals surface area contributed by atoms with Gasteiger partial charge < -0.3 is 14.7 Å². The normalized spacial score (nSPS) is 16.0. The van der Waals surface area contributed by atoms with Crippen LogP contribution in [0, 0.1) is 6.92 Å². The van der Waals surface area contributed by atoms with Crippen LogP contribution in [0.15, 0.2) is 10.6 Å². The SMILES string of the molecule is CCS(=O)(=O)N1CCN(C(=O)CSCC(=O)Nc2cc(C)on2)CC1. The van der Waals surface area contributed by atoms with E-state index in [1.165, 1.54) is 16.1 Å². The molecule has 0 spiro atoms. The average Bonchev–Trinajstić information content (AvgIpc) is 2.99. The van der Waals surface area contributed by atoms with E-state index in [1.54, 1.807) is 24.8 Å². The van der Waals surface area contributed by atoms with Crippen molar-refractivity contribution < 1.29 is 22.5 Å². The number of aryl methyl sites for hydroxylation is 1. The predicted octanol–water partition coefficient (Wildman–Crippen LogP) is 0.149. The molecule has 2 heterocycles. The van der Waals surface area contributed by atoms with Crippen molar-refractivity contribution in [2.24, 2.45) is 0 Å². The summed E-state index contributed by atoms with van der Waals surface area (Å²) in [5.41, 5.74) is 0. The Balaban J connectivity index is 1.68. The first-order chi connectivity index (χ1) is 11.8. The first-order valence-corrected chi connectivity index (χ1v) is 10.6. The number of hydrogen-bond donors (Lipinski definition) is 1. The highest BCUT2D eigenvalue weighted by Crippen LogP contribution is 2.11. The van der Waals surface area contributed by atoms with Gasteiger partial charge in [-0.25, -0.2) is 8.42 Å². The van der Waals surface area contributed by atoms with E-state index in [1.807, 2.05) is 0 Å². The average molecular weight is 390 g/mol. The molecule has 0 bridgehead atoms. The molecule has 0 radical (unpaired) electrons. The lowest BCUT2D eigenvalue weighted by atomic mass is 10.3. The maximum absolute atomic E-state index is 12.1. The fraction of sp³-hybridized carbons (Fsp3) is 0.643. The van der Waals surface area contributed by atoms with Crippen LogP contribution in [0.5, 0.6) is 0 Å². The maximum atomic E-state index is 12.1. The van der Waals surface area contributed by atoms with E-state index in [0.29, 0.717) is 37.8 Å². The quantitative estimate of drug-likeness (QED) is 0.705. The molecule has 0 aromatic carbocycles. The molecule has 1 N–H and O–H groups in total. The Labute approximate surface area is 151 Å². The summed E-state index contributed by atoms with van der Waals surface area (Å²) >= 11 is 1.21. The van der Waals surface area contributed by atoms with Gasteiger partial charge >= 0.3 is 0 Å². The van der Waals surface area contributed by atoms with Crippen LogP contribution in [0.3, 0.4) is 0 Å². The van der Waals surface area contributed by atoms with E-state index in [2.05, 4.69) is 10.5 Å². The molecule has 2 rings (SSSR count). The minimum Gasteiger partial charge on any atom is -0.360 e. The van der Waals surface area contributed by atoms with Crippen LogP contribution in [-0.4, -0.2) is 78.0 Å². The van der Waals surface area contributed by atoms with Crippen molar-refractivity contribution in [3.63, 3.8) is 0 Å². The number of amides is 2. The third-order valence-corrected chi connectivity index (χ3v) is 6.50. The molecular weight excluding hydrogens is 368 g/mol. The Morgan fingerprint density at radius 1 is 1.28 bits per heavy atom. The third kappa shape index (κ3) is 5.72. The number of hydrogen-bond acceptors (Lipinski definition) is 7. The summed E-state index contributed by atoms with van der Waals surface area (Å²) in [6.45, 7) is 4.72. The van der Waals surface area contributed by atoms with Gasteiger partial charge in [0.15, 0.2) is 5.82 Å². The summed E-state index contributed by atoms with van der Waals surface area (Å²) in [4.78, 5) is 25.5. The molecule has 1 aromatic rings. The summed E-state index contributed by atoms with van der Waals surface area (Å²) < 4.78 is 29.8. The molecule has 1 aliphatic heterocycles. The van der Waals surface area contributed by atoms with Gasteiger partial charge in [-0.05, 0) is 13.8 Å². The lowest BCUT2D eigenvalue weighted by molar-refractivity contribution is -0.129. The second kappa shape index (κ2) is 8.68. The van der Waals surface area contributed by atoms with E-state index in [0.717, 1.165) is 0 Å². The number of nitrogens with one attached hydrogen (secondary N) is 1. The summed E-state index contributed by atoms with van der Waals surface area (Å²) in [6, 6.07) is 1.61. The minimum atomic E-state index is -3.20. The highest BCUT2D eigenvalue weighted by Gasteiger charge is 2.27. The molecule has 0 aliphatic carbocycles. The molecule has 9 nitrogen and oxygen atoms in total. The van der Waals surface area contributed by atoms with E-state index in [-0.39, 0.29) is 29.1 Å². The molecule has 1 aromatic heterocycles. The Morgan fingerprint density at radius 3 is 2.52 bits per heavy atom. The fourth-order valence-electron chi connectivity index (χ4n) is 2.32. The zero-order chi connectivity index (χ0) is 18.4. The number of carbonyl (C=O) groups excluding carboxylic acids is 2. The zero-order valence-corrected chi connectivity index (χ0v) is 15.9. The van der Waals surface area contributed by atoms with E-state index in [9.17, 15) is 18.0 Å². The molecule has 25 heavy (non-hydrogen) atoms. The topological polar surface area (TPSA) is 113 Å². The molecule has 0 saturated carbocycles. The van der Waals surface area contributed by atoms with Gasteiger partial charge in [-0.3, -0.25) is 9.59 Å². The van der Waals surface area contributed by atoms with E-state index < -0.39 is 10.0 Å². The maximum Gasteiger partial charge on any atom is 0.235 e. The number of anilines is 1. The number of thioether (sulfide) groups is 1. The molecule has 1 saturated heterocycles. The van der Waals surface area contributed by atoms with Gasteiger partial charge in [-0.1, -0.05) is 5.16 Å². The van der Waals surface area contributed by atoms with Gasteiger partial charge in [0.05, 0.1) is 17.3 Å². The van der Waals surface area contributed by atoms with Crippen LogP contribution in [-0.2, 0) is 19.6 Å². The molecular formula is C14H22N4O5S2. The van der Waals surface area contributed by atoms with Crippen molar-refractivity contribution in [1.29, 1.82) is 0 Å². The van der Waals surface area contributed by atoms with Crippen LogP contribution in [0.4, 0.5) is 5.82 Å². The Morgan fingerprint density at radius 2 is 1.96 bits per heavy atom.